The molecule has 4 heterocycles. The zero-order valence-electron chi connectivity index (χ0n) is 10.5. The number of thiophene rings is 1. The highest BCUT2D eigenvalue weighted by molar-refractivity contribution is 7.16. The van der Waals surface area contributed by atoms with Gasteiger partial charge in [0.25, 0.3) is 5.91 Å². The molecule has 3 atom stereocenters. The molecule has 4 nitrogen and oxygen atoms in total. The van der Waals surface area contributed by atoms with Crippen LogP contribution in [0.15, 0.2) is 23.7 Å². The molecule has 0 aliphatic carbocycles. The molecule has 2 aliphatic heterocycles. The first-order chi connectivity index (χ1) is 9.31. The maximum absolute atomic E-state index is 12.4. The third kappa shape index (κ3) is 1.84. The van der Waals surface area contributed by atoms with E-state index in [2.05, 4.69) is 15.2 Å². The summed E-state index contributed by atoms with van der Waals surface area (Å²) in [4.78, 5) is 20.1. The SMILES string of the molecule is O=C(NC1CN2CCC1C2)c1ccnc2sccc12. The fraction of sp³-hybridized carbons (Fsp3) is 0.429. The molecule has 0 radical (unpaired) electrons. The van der Waals surface area contributed by atoms with Crippen LogP contribution in [-0.2, 0) is 0 Å². The van der Waals surface area contributed by atoms with E-state index in [4.69, 9.17) is 0 Å². The second-order valence-corrected chi connectivity index (χ2v) is 6.28. The highest BCUT2D eigenvalue weighted by atomic mass is 32.1. The van der Waals surface area contributed by atoms with Crippen molar-refractivity contribution >= 4 is 27.5 Å². The van der Waals surface area contributed by atoms with Crippen molar-refractivity contribution in [2.75, 3.05) is 19.6 Å². The zero-order valence-corrected chi connectivity index (χ0v) is 11.3. The second-order valence-electron chi connectivity index (χ2n) is 5.39. The van der Waals surface area contributed by atoms with Crippen LogP contribution >= 0.6 is 11.3 Å². The third-order valence-electron chi connectivity index (χ3n) is 4.26. The summed E-state index contributed by atoms with van der Waals surface area (Å²) in [6, 6.07) is 4.12. The smallest absolute Gasteiger partial charge is 0.252 e. The molecule has 3 unspecified atom stereocenters. The summed E-state index contributed by atoms with van der Waals surface area (Å²) in [6.45, 7) is 3.35. The lowest BCUT2D eigenvalue weighted by atomic mass is 9.99. The first kappa shape index (κ1) is 11.4. The van der Waals surface area contributed by atoms with E-state index in [-0.39, 0.29) is 5.91 Å². The van der Waals surface area contributed by atoms with Crippen LogP contribution in [0.1, 0.15) is 16.8 Å². The summed E-state index contributed by atoms with van der Waals surface area (Å²) in [5.41, 5.74) is 0.754. The lowest BCUT2D eigenvalue weighted by Crippen LogP contribution is -2.43. The minimum Gasteiger partial charge on any atom is -0.348 e. The average molecular weight is 273 g/mol. The molecule has 5 heteroatoms. The molecule has 2 fully saturated rings. The summed E-state index contributed by atoms with van der Waals surface area (Å²) >= 11 is 1.57. The van der Waals surface area contributed by atoms with E-state index in [0.717, 1.165) is 28.9 Å². The largest absolute Gasteiger partial charge is 0.348 e. The summed E-state index contributed by atoms with van der Waals surface area (Å²) in [5.74, 6) is 0.688. The Bertz CT molecular complexity index is 638. The van der Waals surface area contributed by atoms with Crippen LogP contribution in [0, 0.1) is 5.92 Å². The number of hydrogen-bond donors (Lipinski definition) is 1. The molecule has 4 rings (SSSR count). The molecule has 1 N–H and O–H groups in total. The van der Waals surface area contributed by atoms with Crippen molar-refractivity contribution in [1.82, 2.24) is 15.2 Å². The molecular weight excluding hydrogens is 258 g/mol. The fourth-order valence-corrected chi connectivity index (χ4v) is 4.03. The topological polar surface area (TPSA) is 45.2 Å². The van der Waals surface area contributed by atoms with Crippen molar-refractivity contribution in [3.8, 4) is 0 Å². The number of nitrogens with zero attached hydrogens (tertiary/aromatic N) is 2. The van der Waals surface area contributed by atoms with Gasteiger partial charge in [-0.1, -0.05) is 0 Å². The van der Waals surface area contributed by atoms with Crippen molar-refractivity contribution < 1.29 is 4.79 Å². The third-order valence-corrected chi connectivity index (χ3v) is 5.08. The quantitative estimate of drug-likeness (QED) is 0.906. The Morgan fingerprint density at radius 3 is 3.16 bits per heavy atom. The summed E-state index contributed by atoms with van der Waals surface area (Å²) < 4.78 is 0. The van der Waals surface area contributed by atoms with Gasteiger partial charge < -0.3 is 10.2 Å². The lowest BCUT2D eigenvalue weighted by molar-refractivity contribution is 0.0926. The molecule has 2 aliphatic rings. The lowest BCUT2D eigenvalue weighted by Gasteiger charge is -2.23. The van der Waals surface area contributed by atoms with Gasteiger partial charge in [-0.25, -0.2) is 4.98 Å². The van der Waals surface area contributed by atoms with E-state index in [1.807, 2.05) is 17.5 Å². The van der Waals surface area contributed by atoms with Gasteiger partial charge in [0, 0.05) is 30.7 Å². The van der Waals surface area contributed by atoms with Crippen LogP contribution in [0.2, 0.25) is 0 Å². The molecule has 98 valence electrons. The second kappa shape index (κ2) is 4.28. The number of carbonyl (C=O) groups excluding carboxylic acids is 1. The van der Waals surface area contributed by atoms with E-state index < -0.39 is 0 Å². The van der Waals surface area contributed by atoms with Crippen molar-refractivity contribution in [3.05, 3.63) is 29.3 Å². The molecule has 0 spiro atoms. The Labute approximate surface area is 115 Å². The van der Waals surface area contributed by atoms with Gasteiger partial charge >= 0.3 is 0 Å². The Balaban J connectivity index is 1.59. The fourth-order valence-electron chi connectivity index (χ4n) is 3.27. The van der Waals surface area contributed by atoms with Gasteiger partial charge in [0.1, 0.15) is 4.83 Å². The van der Waals surface area contributed by atoms with Gasteiger partial charge in [-0.3, -0.25) is 4.79 Å². The van der Waals surface area contributed by atoms with E-state index in [9.17, 15) is 4.79 Å². The number of amides is 1. The molecule has 2 aromatic heterocycles. The van der Waals surface area contributed by atoms with Gasteiger partial charge in [-0.2, -0.15) is 0 Å². The van der Waals surface area contributed by atoms with Gasteiger partial charge in [0.15, 0.2) is 0 Å². The number of fused-ring (bicyclic) bond motifs is 3. The minimum absolute atomic E-state index is 0.0459. The monoisotopic (exact) mass is 273 g/mol. The molecule has 2 bridgehead atoms. The summed E-state index contributed by atoms with van der Waals surface area (Å²) in [5, 5.41) is 6.15. The summed E-state index contributed by atoms with van der Waals surface area (Å²) in [6.07, 6.45) is 2.94. The van der Waals surface area contributed by atoms with Gasteiger partial charge in [0.05, 0.1) is 5.56 Å². The number of aromatic nitrogens is 1. The maximum Gasteiger partial charge on any atom is 0.252 e. The molecule has 2 saturated heterocycles. The molecule has 2 aromatic rings. The number of hydrogen-bond acceptors (Lipinski definition) is 4. The number of carbonyl (C=O) groups is 1. The predicted octanol–water partition coefficient (Wildman–Crippen LogP) is 1.73. The van der Waals surface area contributed by atoms with Crippen molar-refractivity contribution in [3.63, 3.8) is 0 Å². The molecule has 19 heavy (non-hydrogen) atoms. The van der Waals surface area contributed by atoms with Crippen LogP contribution in [-0.4, -0.2) is 41.5 Å². The van der Waals surface area contributed by atoms with Gasteiger partial charge in [-0.05, 0) is 36.4 Å². The normalized spacial score (nSPS) is 28.9. The van der Waals surface area contributed by atoms with Gasteiger partial charge in [0.2, 0.25) is 0 Å². The Morgan fingerprint density at radius 1 is 1.42 bits per heavy atom. The van der Waals surface area contributed by atoms with Crippen molar-refractivity contribution in [2.45, 2.75) is 12.5 Å². The number of nitrogens with one attached hydrogen (secondary N) is 1. The Kier molecular flexibility index (Phi) is 2.56. The van der Waals surface area contributed by atoms with Crippen LogP contribution in [0.25, 0.3) is 10.2 Å². The molecule has 0 aromatic carbocycles. The standard InChI is InChI=1S/C14H15N3OS/c18-13(16-12-8-17-5-2-9(12)7-17)10-1-4-15-14-11(10)3-6-19-14/h1,3-4,6,9,12H,2,5,7-8H2,(H,16,18). The van der Waals surface area contributed by atoms with E-state index in [0.29, 0.717) is 12.0 Å². The van der Waals surface area contributed by atoms with E-state index in [1.54, 1.807) is 17.5 Å². The average Bonchev–Trinajstić information content (AvgIpc) is 3.13. The highest BCUT2D eigenvalue weighted by Gasteiger charge is 2.38. The highest BCUT2D eigenvalue weighted by Crippen LogP contribution is 2.28. The molecule has 1 amide bonds. The zero-order chi connectivity index (χ0) is 12.8. The first-order valence-electron chi connectivity index (χ1n) is 6.67. The van der Waals surface area contributed by atoms with Crippen LogP contribution < -0.4 is 5.32 Å². The Morgan fingerprint density at radius 2 is 2.37 bits per heavy atom. The van der Waals surface area contributed by atoms with E-state index in [1.165, 1.54) is 13.0 Å². The predicted molar refractivity (Wildman–Crippen MR) is 75.4 cm³/mol. The van der Waals surface area contributed by atoms with E-state index >= 15 is 0 Å². The minimum atomic E-state index is 0.0459. The van der Waals surface area contributed by atoms with Gasteiger partial charge in [-0.15, -0.1) is 11.3 Å². The van der Waals surface area contributed by atoms with Crippen molar-refractivity contribution in [2.24, 2.45) is 5.92 Å². The Hall–Kier alpha value is -1.46. The van der Waals surface area contributed by atoms with Crippen LogP contribution in [0.5, 0.6) is 0 Å². The number of rotatable bonds is 2. The number of pyridine rings is 1. The van der Waals surface area contributed by atoms with Crippen LogP contribution in [0.3, 0.4) is 0 Å². The maximum atomic E-state index is 12.4. The number of piperidine rings is 1. The molecular formula is C14H15N3OS. The van der Waals surface area contributed by atoms with Crippen LogP contribution in [0.4, 0.5) is 0 Å². The van der Waals surface area contributed by atoms with Crippen molar-refractivity contribution in [1.29, 1.82) is 0 Å². The summed E-state index contributed by atoms with van der Waals surface area (Å²) in [7, 11) is 0. The molecule has 0 saturated carbocycles. The first-order valence-corrected chi connectivity index (χ1v) is 7.54.